The Morgan fingerprint density at radius 2 is 1.66 bits per heavy atom. The second kappa shape index (κ2) is 12.1. The molecule has 0 amide bonds. The van der Waals surface area contributed by atoms with Gasteiger partial charge in [0, 0.05) is 46.3 Å². The molecule has 3 heterocycles. The first-order chi connectivity index (χ1) is 22.6. The molecule has 2 atom stereocenters. The summed E-state index contributed by atoms with van der Waals surface area (Å²) in [5, 5.41) is 7.10. The lowest BCUT2D eigenvalue weighted by Gasteiger charge is -2.33. The molecule has 3 aromatic heterocycles. The van der Waals surface area contributed by atoms with Gasteiger partial charge in [-0.25, -0.2) is 9.67 Å². The van der Waals surface area contributed by atoms with Crippen molar-refractivity contribution in [3.8, 4) is 23.0 Å². The molecule has 0 bridgehead atoms. The fourth-order valence-electron chi connectivity index (χ4n) is 7.43. The van der Waals surface area contributed by atoms with E-state index < -0.39 is 12.6 Å². The Balaban J connectivity index is 1.25. The Morgan fingerprint density at radius 3 is 2.45 bits per heavy atom. The molecule has 1 aliphatic rings. The van der Waals surface area contributed by atoms with Gasteiger partial charge in [0.25, 0.3) is 0 Å². The maximum atomic E-state index is 13.6. The third kappa shape index (κ3) is 5.81. The van der Waals surface area contributed by atoms with Gasteiger partial charge in [-0.05, 0) is 87.6 Å². The SMILES string of the molecule is CC[C@H]1CCC=C(CC(F)(F)F)[C@H]1c1c(C)nn(-c2cccc(Oc3ccc4c5ccccc5n(-c5cc(C)ccn5)c4c3)c2)c1C. The maximum Gasteiger partial charge on any atom is 0.392 e. The van der Waals surface area contributed by atoms with Crippen LogP contribution in [0.1, 0.15) is 61.0 Å². The summed E-state index contributed by atoms with van der Waals surface area (Å²) in [4.78, 5) is 4.68. The van der Waals surface area contributed by atoms with E-state index in [0.717, 1.165) is 68.7 Å². The maximum absolute atomic E-state index is 13.6. The van der Waals surface area contributed by atoms with Gasteiger partial charge in [0.05, 0.1) is 28.8 Å². The van der Waals surface area contributed by atoms with Gasteiger partial charge in [-0.3, -0.25) is 4.57 Å². The molecule has 0 unspecified atom stereocenters. The highest BCUT2D eigenvalue weighted by atomic mass is 19.4. The van der Waals surface area contributed by atoms with Crippen molar-refractivity contribution in [1.82, 2.24) is 19.3 Å². The van der Waals surface area contributed by atoms with Gasteiger partial charge in [0.2, 0.25) is 0 Å². The minimum absolute atomic E-state index is 0.141. The van der Waals surface area contributed by atoms with Gasteiger partial charge in [0.1, 0.15) is 17.3 Å². The number of ether oxygens (including phenoxy) is 1. The van der Waals surface area contributed by atoms with Gasteiger partial charge in [-0.1, -0.05) is 49.3 Å². The molecule has 0 N–H and O–H groups in total. The number of rotatable bonds is 7. The van der Waals surface area contributed by atoms with Crippen LogP contribution < -0.4 is 4.74 Å². The van der Waals surface area contributed by atoms with Crippen LogP contribution in [0.25, 0.3) is 33.3 Å². The van der Waals surface area contributed by atoms with Crippen molar-refractivity contribution in [2.45, 2.75) is 65.5 Å². The van der Waals surface area contributed by atoms with Crippen LogP contribution in [0.3, 0.4) is 0 Å². The number of benzene rings is 3. The summed E-state index contributed by atoms with van der Waals surface area (Å²) < 4.78 is 51.4. The van der Waals surface area contributed by atoms with Gasteiger partial charge in [-0.2, -0.15) is 18.3 Å². The number of pyridine rings is 1. The molecule has 240 valence electrons. The lowest BCUT2D eigenvalue weighted by Crippen LogP contribution is -2.23. The van der Waals surface area contributed by atoms with Crippen molar-refractivity contribution in [2.24, 2.45) is 5.92 Å². The van der Waals surface area contributed by atoms with Crippen LogP contribution in [0.15, 0.2) is 96.7 Å². The standard InChI is InChI=1S/C39H37F3N4O/c1-5-27-10-8-11-28(23-39(40,41)42)38(27)37-25(3)44-46(26(37)4)29-12-9-13-30(21-29)47-31-16-17-33-32-14-6-7-15-34(32)45(35(33)22-31)36-20-24(2)18-19-43-36/h6-7,9,11-22,27,38H,5,8,10,23H2,1-4H3/t27-,38-/m0/s1. The molecule has 5 nitrogen and oxygen atoms in total. The number of alkyl halides is 3. The molecule has 6 aromatic rings. The largest absolute Gasteiger partial charge is 0.457 e. The van der Waals surface area contributed by atoms with E-state index in [1.807, 2.05) is 79.3 Å². The molecule has 0 spiro atoms. The van der Waals surface area contributed by atoms with Crippen molar-refractivity contribution in [3.05, 3.63) is 119 Å². The molecular weight excluding hydrogens is 597 g/mol. The topological polar surface area (TPSA) is 44.9 Å². The van der Waals surface area contributed by atoms with Crippen LogP contribution in [0.2, 0.25) is 0 Å². The fraction of sp³-hybridized carbons (Fsp3) is 0.282. The van der Waals surface area contributed by atoms with E-state index in [9.17, 15) is 13.2 Å². The number of hydrogen-bond acceptors (Lipinski definition) is 3. The minimum atomic E-state index is -4.25. The van der Waals surface area contributed by atoms with E-state index >= 15 is 0 Å². The molecular formula is C39H37F3N4O. The van der Waals surface area contributed by atoms with Gasteiger partial charge in [-0.15, -0.1) is 0 Å². The van der Waals surface area contributed by atoms with Crippen LogP contribution in [0.4, 0.5) is 13.2 Å². The Hall–Kier alpha value is -4.85. The lowest BCUT2D eigenvalue weighted by molar-refractivity contribution is -0.128. The average Bonchev–Trinajstić information content (AvgIpc) is 3.53. The van der Waals surface area contributed by atoms with E-state index in [0.29, 0.717) is 23.5 Å². The first-order valence-corrected chi connectivity index (χ1v) is 16.2. The summed E-state index contributed by atoms with van der Waals surface area (Å²) in [5.74, 6) is 1.99. The molecule has 7 rings (SSSR count). The number of para-hydroxylation sites is 1. The third-order valence-electron chi connectivity index (χ3n) is 9.48. The Morgan fingerprint density at radius 1 is 0.872 bits per heavy atom. The molecule has 0 aliphatic heterocycles. The lowest BCUT2D eigenvalue weighted by atomic mass is 9.71. The van der Waals surface area contributed by atoms with Crippen LogP contribution in [0.5, 0.6) is 11.5 Å². The van der Waals surface area contributed by atoms with E-state index in [1.54, 1.807) is 6.08 Å². The van der Waals surface area contributed by atoms with Crippen molar-refractivity contribution >= 4 is 21.8 Å². The first-order valence-electron chi connectivity index (χ1n) is 16.2. The highest BCUT2D eigenvalue weighted by Crippen LogP contribution is 2.47. The zero-order valence-corrected chi connectivity index (χ0v) is 27.0. The van der Waals surface area contributed by atoms with Gasteiger partial charge in [0.15, 0.2) is 0 Å². The minimum Gasteiger partial charge on any atom is -0.457 e. The van der Waals surface area contributed by atoms with Gasteiger partial charge < -0.3 is 4.74 Å². The molecule has 47 heavy (non-hydrogen) atoms. The van der Waals surface area contributed by atoms with E-state index in [4.69, 9.17) is 9.84 Å². The summed E-state index contributed by atoms with van der Waals surface area (Å²) in [7, 11) is 0. The molecule has 0 fully saturated rings. The predicted octanol–water partition coefficient (Wildman–Crippen LogP) is 10.9. The first kappa shape index (κ1) is 30.8. The van der Waals surface area contributed by atoms with Crippen molar-refractivity contribution < 1.29 is 17.9 Å². The number of aromatic nitrogens is 4. The molecule has 0 saturated carbocycles. The fourth-order valence-corrected chi connectivity index (χ4v) is 7.43. The third-order valence-corrected chi connectivity index (χ3v) is 9.48. The quantitative estimate of drug-likeness (QED) is 0.164. The van der Waals surface area contributed by atoms with E-state index in [1.165, 1.54) is 0 Å². The zero-order chi connectivity index (χ0) is 32.9. The number of halogens is 3. The molecule has 3 aromatic carbocycles. The zero-order valence-electron chi connectivity index (χ0n) is 27.0. The number of aryl methyl sites for hydroxylation is 2. The molecule has 8 heteroatoms. The normalized spacial score (nSPS) is 17.0. The van der Waals surface area contributed by atoms with Crippen molar-refractivity contribution in [1.29, 1.82) is 0 Å². The Labute approximate surface area is 272 Å². The van der Waals surface area contributed by atoms with Crippen LogP contribution >= 0.6 is 0 Å². The highest BCUT2D eigenvalue weighted by molar-refractivity contribution is 6.09. The molecule has 0 radical (unpaired) electrons. The second-order valence-electron chi connectivity index (χ2n) is 12.6. The summed E-state index contributed by atoms with van der Waals surface area (Å²) in [6.45, 7) is 7.99. The number of hydrogen-bond donors (Lipinski definition) is 0. The van der Waals surface area contributed by atoms with E-state index in [2.05, 4.69) is 47.7 Å². The molecule has 0 saturated heterocycles. The predicted molar refractivity (Wildman–Crippen MR) is 181 cm³/mol. The Bertz CT molecular complexity index is 2140. The molecule has 1 aliphatic carbocycles. The van der Waals surface area contributed by atoms with Crippen LogP contribution in [0, 0.1) is 26.7 Å². The van der Waals surface area contributed by atoms with Crippen LogP contribution in [-0.2, 0) is 0 Å². The van der Waals surface area contributed by atoms with Crippen molar-refractivity contribution in [2.75, 3.05) is 0 Å². The van der Waals surface area contributed by atoms with E-state index in [-0.39, 0.29) is 11.8 Å². The highest BCUT2D eigenvalue weighted by Gasteiger charge is 2.38. The summed E-state index contributed by atoms with van der Waals surface area (Å²) in [6, 6.07) is 26.1. The van der Waals surface area contributed by atoms with Crippen LogP contribution in [-0.4, -0.2) is 25.5 Å². The number of allylic oxidation sites excluding steroid dienone is 2. The second-order valence-corrected chi connectivity index (χ2v) is 12.6. The number of fused-ring (bicyclic) bond motifs is 3. The summed E-state index contributed by atoms with van der Waals surface area (Å²) in [6.07, 6.45) is 0.865. The monoisotopic (exact) mass is 634 g/mol. The van der Waals surface area contributed by atoms with Gasteiger partial charge >= 0.3 is 6.18 Å². The average molecular weight is 635 g/mol. The summed E-state index contributed by atoms with van der Waals surface area (Å²) >= 11 is 0. The van der Waals surface area contributed by atoms with Crippen molar-refractivity contribution in [3.63, 3.8) is 0 Å². The Kier molecular flexibility index (Phi) is 7.90. The number of nitrogens with zero attached hydrogens (tertiary/aromatic N) is 4. The smallest absolute Gasteiger partial charge is 0.392 e. The summed E-state index contributed by atoms with van der Waals surface area (Å²) in [5.41, 5.74) is 6.95.